The van der Waals surface area contributed by atoms with Gasteiger partial charge in [0.25, 0.3) is 0 Å². The fourth-order valence-corrected chi connectivity index (χ4v) is 3.51. The second-order valence-electron chi connectivity index (χ2n) is 5.97. The Labute approximate surface area is 139 Å². The number of halogens is 4. The Morgan fingerprint density at radius 1 is 1.12 bits per heavy atom. The first-order valence-electron chi connectivity index (χ1n) is 7.48. The van der Waals surface area contributed by atoms with Crippen LogP contribution in [0, 0.1) is 5.82 Å². The van der Waals surface area contributed by atoms with Crippen molar-refractivity contribution in [2.75, 3.05) is 13.1 Å². The summed E-state index contributed by atoms with van der Waals surface area (Å²) in [4.78, 5) is 1.00. The van der Waals surface area contributed by atoms with Gasteiger partial charge in [-0.25, -0.2) is 17.5 Å². The van der Waals surface area contributed by atoms with Gasteiger partial charge in [0.2, 0.25) is 10.0 Å². The zero-order valence-corrected chi connectivity index (χ0v) is 14.8. The molecule has 0 aliphatic rings. The molecule has 0 aliphatic carbocycles. The van der Waals surface area contributed by atoms with Gasteiger partial charge in [0.15, 0.2) is 0 Å². The van der Waals surface area contributed by atoms with Crippen molar-refractivity contribution < 1.29 is 26.0 Å². The van der Waals surface area contributed by atoms with Crippen molar-refractivity contribution in [1.82, 2.24) is 9.62 Å². The van der Waals surface area contributed by atoms with E-state index in [0.717, 1.165) is 0 Å². The van der Waals surface area contributed by atoms with E-state index in [1.54, 1.807) is 0 Å². The quantitative estimate of drug-likeness (QED) is 0.750. The summed E-state index contributed by atoms with van der Waals surface area (Å²) in [5.41, 5.74) is -1.21. The fraction of sp³-hybridized carbons (Fsp3) is 0.600. The number of benzene rings is 1. The first-order chi connectivity index (χ1) is 10.9. The summed E-state index contributed by atoms with van der Waals surface area (Å²) in [6.45, 7) is 8.10. The third kappa shape index (κ3) is 5.42. The minimum absolute atomic E-state index is 0.0334. The molecule has 0 aromatic heterocycles. The molecule has 0 heterocycles. The van der Waals surface area contributed by atoms with Gasteiger partial charge < -0.3 is 0 Å². The molecule has 0 unspecified atom stereocenters. The van der Waals surface area contributed by atoms with Crippen LogP contribution in [0.15, 0.2) is 23.1 Å². The normalized spacial score (nSPS) is 13.3. The van der Waals surface area contributed by atoms with Crippen molar-refractivity contribution in [2.24, 2.45) is 0 Å². The van der Waals surface area contributed by atoms with Crippen LogP contribution in [0.3, 0.4) is 0 Å². The molecule has 0 saturated heterocycles. The maximum Gasteiger partial charge on any atom is 0.416 e. The summed E-state index contributed by atoms with van der Waals surface area (Å²) in [6, 6.07) is 1.65. The molecule has 0 atom stereocenters. The van der Waals surface area contributed by atoms with E-state index >= 15 is 0 Å². The Hall–Kier alpha value is -1.19. The number of hydrogen-bond donors (Lipinski definition) is 1. The van der Waals surface area contributed by atoms with E-state index in [0.29, 0.717) is 24.7 Å². The second-order valence-corrected chi connectivity index (χ2v) is 7.70. The summed E-state index contributed by atoms with van der Waals surface area (Å²) >= 11 is 0. The summed E-state index contributed by atoms with van der Waals surface area (Å²) in [7, 11) is -4.37. The number of rotatable bonds is 7. The molecular weight excluding hydrogens is 348 g/mol. The molecule has 0 fully saturated rings. The maximum absolute atomic E-state index is 13.7. The fourth-order valence-electron chi connectivity index (χ4n) is 2.39. The second kappa shape index (κ2) is 7.79. The first-order valence-corrected chi connectivity index (χ1v) is 8.96. The highest BCUT2D eigenvalue weighted by Crippen LogP contribution is 2.31. The van der Waals surface area contributed by atoms with E-state index < -0.39 is 32.5 Å². The molecule has 9 heteroatoms. The highest BCUT2D eigenvalue weighted by molar-refractivity contribution is 7.89. The SMILES string of the molecule is CC(C)N(CCNS(=O)(=O)c1cc(C(F)(F)F)ccc1F)C(C)C. The third-order valence-corrected chi connectivity index (χ3v) is 5.01. The van der Waals surface area contributed by atoms with Crippen LogP contribution in [0.25, 0.3) is 0 Å². The summed E-state index contributed by atoms with van der Waals surface area (Å²) < 4.78 is 78.1. The van der Waals surface area contributed by atoms with Crippen molar-refractivity contribution in [3.63, 3.8) is 0 Å². The Morgan fingerprint density at radius 2 is 1.67 bits per heavy atom. The standard InChI is InChI=1S/C15H22F4N2O2S/c1-10(2)21(11(3)4)8-7-20-24(22,23)14-9-12(15(17,18)19)5-6-13(14)16/h5-6,9-11,20H,7-8H2,1-4H3. The van der Waals surface area contributed by atoms with E-state index in [1.807, 2.05) is 32.6 Å². The molecule has 138 valence electrons. The van der Waals surface area contributed by atoms with E-state index in [2.05, 4.69) is 4.72 Å². The predicted molar refractivity (Wildman–Crippen MR) is 83.6 cm³/mol. The van der Waals surface area contributed by atoms with Gasteiger partial charge in [-0.3, -0.25) is 4.90 Å². The zero-order valence-electron chi connectivity index (χ0n) is 14.0. The molecule has 0 radical (unpaired) electrons. The number of sulfonamides is 1. The Morgan fingerprint density at radius 3 is 2.12 bits per heavy atom. The molecule has 1 aromatic carbocycles. The third-order valence-electron chi connectivity index (χ3n) is 3.54. The minimum Gasteiger partial charge on any atom is -0.297 e. The molecule has 1 aromatic rings. The highest BCUT2D eigenvalue weighted by atomic mass is 32.2. The molecule has 0 saturated carbocycles. The number of hydrogen-bond acceptors (Lipinski definition) is 3. The summed E-state index contributed by atoms with van der Waals surface area (Å²) in [5.74, 6) is -1.22. The van der Waals surface area contributed by atoms with Gasteiger partial charge in [-0.05, 0) is 45.9 Å². The first kappa shape index (κ1) is 20.9. The zero-order chi connectivity index (χ0) is 18.7. The minimum atomic E-state index is -4.75. The van der Waals surface area contributed by atoms with E-state index in [1.165, 1.54) is 0 Å². The Kier molecular flexibility index (Phi) is 6.77. The molecule has 0 amide bonds. The Balaban J connectivity index is 2.93. The van der Waals surface area contributed by atoms with Gasteiger partial charge >= 0.3 is 6.18 Å². The molecule has 0 spiro atoms. The van der Waals surface area contributed by atoms with Gasteiger partial charge in [0.05, 0.1) is 5.56 Å². The highest BCUT2D eigenvalue weighted by Gasteiger charge is 2.33. The topological polar surface area (TPSA) is 49.4 Å². The van der Waals surface area contributed by atoms with Crippen LogP contribution in [0.2, 0.25) is 0 Å². The van der Waals surface area contributed by atoms with Crippen LogP contribution in [-0.2, 0) is 16.2 Å². The lowest BCUT2D eigenvalue weighted by Gasteiger charge is -2.30. The predicted octanol–water partition coefficient (Wildman–Crippen LogP) is 3.24. The molecular formula is C15H22F4N2O2S. The Bertz CT molecular complexity index is 650. The summed E-state index contributed by atoms with van der Waals surface area (Å²) in [6.07, 6.45) is -4.75. The molecule has 0 aliphatic heterocycles. The van der Waals surface area contributed by atoms with Crippen LogP contribution >= 0.6 is 0 Å². The number of alkyl halides is 3. The van der Waals surface area contributed by atoms with Crippen molar-refractivity contribution in [2.45, 2.75) is 50.9 Å². The lowest BCUT2D eigenvalue weighted by Crippen LogP contribution is -2.42. The lowest BCUT2D eigenvalue weighted by atomic mass is 10.2. The monoisotopic (exact) mass is 370 g/mol. The van der Waals surface area contributed by atoms with Gasteiger partial charge in [-0.15, -0.1) is 0 Å². The average Bonchev–Trinajstić information content (AvgIpc) is 2.41. The molecule has 24 heavy (non-hydrogen) atoms. The van der Waals surface area contributed by atoms with E-state index in [9.17, 15) is 26.0 Å². The smallest absolute Gasteiger partial charge is 0.297 e. The van der Waals surface area contributed by atoms with Gasteiger partial charge in [0, 0.05) is 25.2 Å². The number of nitrogens with one attached hydrogen (secondary N) is 1. The van der Waals surface area contributed by atoms with Crippen molar-refractivity contribution in [3.05, 3.63) is 29.6 Å². The van der Waals surface area contributed by atoms with E-state index in [4.69, 9.17) is 0 Å². The van der Waals surface area contributed by atoms with Crippen LogP contribution in [-0.4, -0.2) is 38.5 Å². The molecule has 1 N–H and O–H groups in total. The van der Waals surface area contributed by atoms with Crippen molar-refractivity contribution >= 4 is 10.0 Å². The van der Waals surface area contributed by atoms with Gasteiger partial charge in [0.1, 0.15) is 10.7 Å². The molecule has 0 bridgehead atoms. The van der Waals surface area contributed by atoms with E-state index in [-0.39, 0.29) is 18.6 Å². The number of nitrogens with zero attached hydrogens (tertiary/aromatic N) is 1. The average molecular weight is 370 g/mol. The van der Waals surface area contributed by atoms with Crippen LogP contribution in [0.4, 0.5) is 17.6 Å². The molecule has 1 rings (SSSR count). The van der Waals surface area contributed by atoms with Crippen LogP contribution in [0.1, 0.15) is 33.3 Å². The van der Waals surface area contributed by atoms with Crippen molar-refractivity contribution in [3.8, 4) is 0 Å². The molecule has 4 nitrogen and oxygen atoms in total. The van der Waals surface area contributed by atoms with Crippen molar-refractivity contribution in [1.29, 1.82) is 0 Å². The largest absolute Gasteiger partial charge is 0.416 e. The lowest BCUT2D eigenvalue weighted by molar-refractivity contribution is -0.137. The van der Waals surface area contributed by atoms with Crippen LogP contribution < -0.4 is 4.72 Å². The van der Waals surface area contributed by atoms with Gasteiger partial charge in [-0.2, -0.15) is 13.2 Å². The summed E-state index contributed by atoms with van der Waals surface area (Å²) in [5, 5.41) is 0. The van der Waals surface area contributed by atoms with Crippen LogP contribution in [0.5, 0.6) is 0 Å². The van der Waals surface area contributed by atoms with Gasteiger partial charge in [-0.1, -0.05) is 0 Å². The maximum atomic E-state index is 13.7.